The zero-order chi connectivity index (χ0) is 19.7. The molecule has 0 radical (unpaired) electrons. The normalized spacial score (nSPS) is 19.1. The standard InChI is InChI=1S/C20H20BrNO5/c1-11-10-13(5-6-14(11)21)18(23)16-17(15-7-4-12(2)27-15)22(8-9-26-3)20(25)19(16)24/h4-7,10,17,23H,8-9H2,1-3H3/b18-16-. The second-order valence-electron chi connectivity index (χ2n) is 6.40. The smallest absolute Gasteiger partial charge is 0.295 e. The summed E-state index contributed by atoms with van der Waals surface area (Å²) >= 11 is 3.42. The van der Waals surface area contributed by atoms with E-state index in [4.69, 9.17) is 9.15 Å². The number of hydrogen-bond donors (Lipinski definition) is 1. The van der Waals surface area contributed by atoms with Crippen LogP contribution in [0.25, 0.3) is 5.76 Å². The first-order chi connectivity index (χ1) is 12.8. The van der Waals surface area contributed by atoms with Crippen molar-refractivity contribution in [1.82, 2.24) is 4.90 Å². The molecule has 1 aliphatic rings. The van der Waals surface area contributed by atoms with E-state index >= 15 is 0 Å². The fourth-order valence-corrected chi connectivity index (χ4v) is 3.39. The Kier molecular flexibility index (Phi) is 5.53. The van der Waals surface area contributed by atoms with Gasteiger partial charge in [0.25, 0.3) is 11.7 Å². The van der Waals surface area contributed by atoms with E-state index in [1.165, 1.54) is 12.0 Å². The van der Waals surface area contributed by atoms with Crippen molar-refractivity contribution in [2.24, 2.45) is 0 Å². The van der Waals surface area contributed by atoms with Crippen LogP contribution in [0.15, 0.2) is 44.8 Å². The number of aliphatic hydroxyl groups is 1. The van der Waals surface area contributed by atoms with E-state index in [2.05, 4.69) is 15.9 Å². The lowest BCUT2D eigenvalue weighted by Gasteiger charge is -2.22. The Balaban J connectivity index is 2.16. The van der Waals surface area contributed by atoms with Gasteiger partial charge >= 0.3 is 0 Å². The first-order valence-corrected chi connectivity index (χ1v) is 9.24. The quantitative estimate of drug-likeness (QED) is 0.441. The predicted molar refractivity (Wildman–Crippen MR) is 103 cm³/mol. The maximum Gasteiger partial charge on any atom is 0.295 e. The second kappa shape index (κ2) is 7.70. The SMILES string of the molecule is COCCN1C(=O)C(=O)/C(=C(\O)c2ccc(Br)c(C)c2)C1c1ccc(C)o1. The van der Waals surface area contributed by atoms with Gasteiger partial charge in [0.2, 0.25) is 0 Å². The third kappa shape index (κ3) is 3.57. The molecule has 0 bridgehead atoms. The lowest BCUT2D eigenvalue weighted by molar-refractivity contribution is -0.140. The van der Waals surface area contributed by atoms with Gasteiger partial charge in [-0.15, -0.1) is 0 Å². The van der Waals surface area contributed by atoms with E-state index < -0.39 is 17.7 Å². The number of amides is 1. The average molecular weight is 434 g/mol. The number of furan rings is 1. The summed E-state index contributed by atoms with van der Waals surface area (Å²) in [4.78, 5) is 26.7. The molecule has 1 aliphatic heterocycles. The van der Waals surface area contributed by atoms with E-state index in [0.29, 0.717) is 17.1 Å². The number of ether oxygens (including phenoxy) is 1. The summed E-state index contributed by atoms with van der Waals surface area (Å²) in [5.41, 5.74) is 1.39. The van der Waals surface area contributed by atoms with E-state index in [0.717, 1.165) is 10.0 Å². The molecule has 142 valence electrons. The molecule has 1 unspecified atom stereocenters. The minimum Gasteiger partial charge on any atom is -0.507 e. The number of benzene rings is 1. The largest absolute Gasteiger partial charge is 0.507 e. The van der Waals surface area contributed by atoms with Gasteiger partial charge in [-0.05, 0) is 43.7 Å². The molecule has 0 aliphatic carbocycles. The first-order valence-electron chi connectivity index (χ1n) is 8.45. The molecule has 3 rings (SSSR count). The molecule has 1 fully saturated rings. The van der Waals surface area contributed by atoms with Crippen LogP contribution >= 0.6 is 15.9 Å². The molecule has 1 atom stereocenters. The van der Waals surface area contributed by atoms with Gasteiger partial charge in [0.15, 0.2) is 0 Å². The fourth-order valence-electron chi connectivity index (χ4n) is 3.14. The summed E-state index contributed by atoms with van der Waals surface area (Å²) in [6, 6.07) is 7.92. The molecule has 7 heteroatoms. The van der Waals surface area contributed by atoms with Crippen molar-refractivity contribution >= 4 is 33.4 Å². The highest BCUT2D eigenvalue weighted by molar-refractivity contribution is 9.10. The predicted octanol–water partition coefficient (Wildman–Crippen LogP) is 3.73. The number of hydrogen-bond acceptors (Lipinski definition) is 5. The molecule has 0 saturated carbocycles. The van der Waals surface area contributed by atoms with E-state index in [9.17, 15) is 14.7 Å². The van der Waals surface area contributed by atoms with Crippen LogP contribution in [0.5, 0.6) is 0 Å². The molecule has 2 heterocycles. The Morgan fingerprint density at radius 1 is 1.26 bits per heavy atom. The van der Waals surface area contributed by atoms with Gasteiger partial charge in [0.05, 0.1) is 12.2 Å². The summed E-state index contributed by atoms with van der Waals surface area (Å²) in [5, 5.41) is 10.9. The zero-order valence-electron chi connectivity index (χ0n) is 15.3. The molecular formula is C20H20BrNO5. The Labute approximate surface area is 165 Å². The van der Waals surface area contributed by atoms with Crippen LogP contribution in [-0.4, -0.2) is 42.0 Å². The van der Waals surface area contributed by atoms with Gasteiger partial charge < -0.3 is 19.2 Å². The highest BCUT2D eigenvalue weighted by atomic mass is 79.9. The van der Waals surface area contributed by atoms with E-state index in [1.54, 1.807) is 37.3 Å². The number of rotatable bonds is 5. The van der Waals surface area contributed by atoms with Crippen LogP contribution in [-0.2, 0) is 14.3 Å². The van der Waals surface area contributed by atoms with Crippen molar-refractivity contribution in [2.75, 3.05) is 20.3 Å². The third-order valence-corrected chi connectivity index (χ3v) is 5.43. The summed E-state index contributed by atoms with van der Waals surface area (Å²) in [6.07, 6.45) is 0. The van der Waals surface area contributed by atoms with Crippen molar-refractivity contribution in [3.8, 4) is 0 Å². The molecule has 2 aromatic rings. The minimum absolute atomic E-state index is 0.0205. The zero-order valence-corrected chi connectivity index (χ0v) is 16.9. The summed E-state index contributed by atoms with van der Waals surface area (Å²) in [7, 11) is 1.52. The van der Waals surface area contributed by atoms with Crippen molar-refractivity contribution in [3.05, 3.63) is 63.0 Å². The number of Topliss-reactive ketones (excluding diaryl/α,β-unsaturated/α-hetero) is 1. The molecular weight excluding hydrogens is 414 g/mol. The Morgan fingerprint density at radius 3 is 2.59 bits per heavy atom. The Bertz CT molecular complexity index is 930. The fraction of sp³-hybridized carbons (Fsp3) is 0.300. The maximum atomic E-state index is 12.7. The van der Waals surface area contributed by atoms with Crippen molar-refractivity contribution in [2.45, 2.75) is 19.9 Å². The van der Waals surface area contributed by atoms with Crippen LogP contribution in [0.2, 0.25) is 0 Å². The van der Waals surface area contributed by atoms with Crippen LogP contribution in [0.4, 0.5) is 0 Å². The molecule has 6 nitrogen and oxygen atoms in total. The van der Waals surface area contributed by atoms with Crippen molar-refractivity contribution in [3.63, 3.8) is 0 Å². The van der Waals surface area contributed by atoms with Gasteiger partial charge in [-0.1, -0.05) is 22.0 Å². The minimum atomic E-state index is -0.794. The van der Waals surface area contributed by atoms with Gasteiger partial charge in [-0.25, -0.2) is 0 Å². The number of carbonyl (C=O) groups excluding carboxylic acids is 2. The highest BCUT2D eigenvalue weighted by Gasteiger charge is 2.47. The lowest BCUT2D eigenvalue weighted by Crippen LogP contribution is -2.32. The van der Waals surface area contributed by atoms with Crippen molar-refractivity contribution < 1.29 is 23.8 Å². The topological polar surface area (TPSA) is 80.0 Å². The molecule has 1 N–H and O–H groups in total. The van der Waals surface area contributed by atoms with Crippen LogP contribution in [0, 0.1) is 13.8 Å². The van der Waals surface area contributed by atoms with Crippen LogP contribution in [0.3, 0.4) is 0 Å². The second-order valence-corrected chi connectivity index (χ2v) is 7.25. The van der Waals surface area contributed by atoms with Gasteiger partial charge in [-0.2, -0.15) is 0 Å². The molecule has 1 amide bonds. The average Bonchev–Trinajstić information content (AvgIpc) is 3.17. The number of methoxy groups -OCH3 is 1. The summed E-state index contributed by atoms with van der Waals surface area (Å²) in [6.45, 7) is 4.14. The number of aryl methyl sites for hydroxylation is 2. The number of ketones is 1. The van der Waals surface area contributed by atoms with Gasteiger partial charge in [0, 0.05) is 23.7 Å². The first kappa shape index (κ1) is 19.4. The third-order valence-electron chi connectivity index (χ3n) is 4.54. The van der Waals surface area contributed by atoms with E-state index in [-0.39, 0.29) is 24.5 Å². The van der Waals surface area contributed by atoms with Crippen LogP contribution in [0.1, 0.15) is 28.7 Å². The highest BCUT2D eigenvalue weighted by Crippen LogP contribution is 2.40. The molecule has 27 heavy (non-hydrogen) atoms. The van der Waals surface area contributed by atoms with Gasteiger partial charge in [0.1, 0.15) is 23.3 Å². The Morgan fingerprint density at radius 2 is 2.00 bits per heavy atom. The van der Waals surface area contributed by atoms with Crippen molar-refractivity contribution in [1.29, 1.82) is 0 Å². The summed E-state index contributed by atoms with van der Waals surface area (Å²) < 4.78 is 11.6. The summed E-state index contributed by atoms with van der Waals surface area (Å²) in [5.74, 6) is -0.548. The molecule has 1 saturated heterocycles. The monoisotopic (exact) mass is 433 g/mol. The van der Waals surface area contributed by atoms with Gasteiger partial charge in [-0.3, -0.25) is 9.59 Å². The molecule has 1 aromatic heterocycles. The number of likely N-dealkylation sites (tertiary alicyclic amines) is 1. The molecule has 1 aromatic carbocycles. The lowest BCUT2D eigenvalue weighted by atomic mass is 9.98. The number of aliphatic hydroxyl groups excluding tert-OH is 1. The van der Waals surface area contributed by atoms with Crippen LogP contribution < -0.4 is 0 Å². The number of halogens is 1. The number of nitrogens with zero attached hydrogens (tertiary/aromatic N) is 1. The molecule has 0 spiro atoms. The van der Waals surface area contributed by atoms with E-state index in [1.807, 2.05) is 6.92 Å². The number of carbonyl (C=O) groups is 2. The Hall–Kier alpha value is -2.38. The maximum absolute atomic E-state index is 12.7.